The highest BCUT2D eigenvalue weighted by Gasteiger charge is 2.34. The monoisotopic (exact) mass is 673 g/mol. The number of anilines is 1. The lowest BCUT2D eigenvalue weighted by atomic mass is 9.94. The summed E-state index contributed by atoms with van der Waals surface area (Å²) in [5.74, 6) is -0.729. The Kier molecular flexibility index (Phi) is 11.1. The lowest BCUT2D eigenvalue weighted by molar-refractivity contribution is -0.140. The first-order chi connectivity index (χ1) is 20.0. The SMILES string of the molecule is Cc1cc(N(CC(=O)N(Cc2cccc(Cl)c2)[C@@H](Cc2ccccc2)C(=O)NC2CCCCC2)S(C)(=O)=O)ccc1Br. The van der Waals surface area contributed by atoms with Crippen molar-refractivity contribution in [1.29, 1.82) is 0 Å². The topological polar surface area (TPSA) is 86.8 Å². The van der Waals surface area contributed by atoms with Crippen LogP contribution in [0, 0.1) is 6.92 Å². The van der Waals surface area contributed by atoms with Crippen molar-refractivity contribution in [2.75, 3.05) is 17.1 Å². The Morgan fingerprint density at radius 3 is 2.31 bits per heavy atom. The van der Waals surface area contributed by atoms with Crippen molar-refractivity contribution in [3.8, 4) is 0 Å². The van der Waals surface area contributed by atoms with Gasteiger partial charge in [0.05, 0.1) is 11.9 Å². The molecule has 4 rings (SSSR count). The summed E-state index contributed by atoms with van der Waals surface area (Å²) in [5, 5.41) is 3.71. The van der Waals surface area contributed by atoms with Crippen molar-refractivity contribution in [2.24, 2.45) is 0 Å². The zero-order valence-corrected chi connectivity index (χ0v) is 27.1. The second kappa shape index (κ2) is 14.5. The molecule has 3 aromatic rings. The van der Waals surface area contributed by atoms with E-state index in [4.69, 9.17) is 11.6 Å². The molecule has 0 aromatic heterocycles. The van der Waals surface area contributed by atoms with Gasteiger partial charge in [-0.05, 0) is 66.8 Å². The summed E-state index contributed by atoms with van der Waals surface area (Å²) in [7, 11) is -3.83. The Balaban J connectivity index is 1.73. The number of hydrogen-bond donors (Lipinski definition) is 1. The average molecular weight is 675 g/mol. The summed E-state index contributed by atoms with van der Waals surface area (Å²) in [5.41, 5.74) is 2.84. The van der Waals surface area contributed by atoms with E-state index in [-0.39, 0.29) is 24.9 Å². The van der Waals surface area contributed by atoms with Crippen LogP contribution >= 0.6 is 27.5 Å². The van der Waals surface area contributed by atoms with Gasteiger partial charge < -0.3 is 10.2 Å². The highest BCUT2D eigenvalue weighted by atomic mass is 79.9. The van der Waals surface area contributed by atoms with Gasteiger partial charge in [0.25, 0.3) is 0 Å². The number of carbonyl (C=O) groups excluding carboxylic acids is 2. The standard InChI is InChI=1S/C32H37BrClN3O4S/c1-23-18-28(16-17-29(23)33)37(42(2,40)41)22-31(38)36(21-25-12-9-13-26(34)19-25)30(20-24-10-5-3-6-11-24)32(39)35-27-14-7-4-8-15-27/h3,5-6,9-13,16-19,27,30H,4,7-8,14-15,20-22H2,1-2H3,(H,35,39)/t30-/m0/s1. The fourth-order valence-electron chi connectivity index (χ4n) is 5.33. The number of halogens is 2. The van der Waals surface area contributed by atoms with Crippen molar-refractivity contribution in [1.82, 2.24) is 10.2 Å². The number of rotatable bonds is 11. The van der Waals surface area contributed by atoms with E-state index in [0.29, 0.717) is 10.7 Å². The zero-order valence-electron chi connectivity index (χ0n) is 23.9. The molecule has 0 radical (unpaired) electrons. The second-order valence-electron chi connectivity index (χ2n) is 10.9. The van der Waals surface area contributed by atoms with Crippen LogP contribution in [0.3, 0.4) is 0 Å². The van der Waals surface area contributed by atoms with Gasteiger partial charge in [0.2, 0.25) is 21.8 Å². The van der Waals surface area contributed by atoms with E-state index in [1.54, 1.807) is 36.4 Å². The van der Waals surface area contributed by atoms with Crippen LogP contribution in [-0.4, -0.2) is 50.0 Å². The summed E-state index contributed by atoms with van der Waals surface area (Å²) in [6.07, 6.45) is 6.41. The van der Waals surface area contributed by atoms with E-state index >= 15 is 0 Å². The third-order valence-corrected chi connectivity index (χ3v) is 9.84. The molecule has 0 unspecified atom stereocenters. The van der Waals surface area contributed by atoms with Crippen molar-refractivity contribution >= 4 is 55.1 Å². The number of hydrogen-bond acceptors (Lipinski definition) is 4. The lowest BCUT2D eigenvalue weighted by Gasteiger charge is -2.35. The van der Waals surface area contributed by atoms with Gasteiger partial charge in [0, 0.05) is 28.5 Å². The number of aryl methyl sites for hydroxylation is 1. The number of carbonyl (C=O) groups is 2. The predicted octanol–water partition coefficient (Wildman–Crippen LogP) is 6.27. The first-order valence-electron chi connectivity index (χ1n) is 14.1. The number of benzene rings is 3. The van der Waals surface area contributed by atoms with Crippen molar-refractivity contribution < 1.29 is 18.0 Å². The molecular formula is C32H37BrClN3O4S. The molecule has 0 heterocycles. The van der Waals surface area contributed by atoms with Crippen LogP contribution in [0.4, 0.5) is 5.69 Å². The van der Waals surface area contributed by atoms with Gasteiger partial charge in [-0.15, -0.1) is 0 Å². The summed E-state index contributed by atoms with van der Waals surface area (Å²) in [4.78, 5) is 29.7. The molecule has 1 N–H and O–H groups in total. The Labute approximate surface area is 262 Å². The van der Waals surface area contributed by atoms with Crippen molar-refractivity contribution in [3.05, 3.63) is 99.0 Å². The molecule has 1 atom stereocenters. The van der Waals surface area contributed by atoms with Crippen molar-refractivity contribution in [2.45, 2.75) is 64.1 Å². The van der Waals surface area contributed by atoms with Crippen LogP contribution in [0.1, 0.15) is 48.8 Å². The molecule has 42 heavy (non-hydrogen) atoms. The molecule has 10 heteroatoms. The molecule has 0 bridgehead atoms. The molecule has 1 aliphatic carbocycles. The second-order valence-corrected chi connectivity index (χ2v) is 14.1. The van der Waals surface area contributed by atoms with Crippen LogP contribution in [0.2, 0.25) is 5.02 Å². The fourth-order valence-corrected chi connectivity index (χ4v) is 6.63. The molecule has 224 valence electrons. The normalized spacial score (nSPS) is 14.7. The lowest BCUT2D eigenvalue weighted by Crippen LogP contribution is -2.55. The first-order valence-corrected chi connectivity index (χ1v) is 17.2. The van der Waals surface area contributed by atoms with E-state index in [2.05, 4.69) is 21.2 Å². The maximum atomic E-state index is 14.2. The first kappa shape index (κ1) is 32.0. The highest BCUT2D eigenvalue weighted by Crippen LogP contribution is 2.26. The number of sulfonamides is 1. The Hall–Kier alpha value is -2.88. The summed E-state index contributed by atoms with van der Waals surface area (Å²) in [6, 6.07) is 21.0. The van der Waals surface area contributed by atoms with Gasteiger partial charge in [-0.1, -0.05) is 89.3 Å². The molecule has 3 aromatic carbocycles. The Morgan fingerprint density at radius 2 is 1.67 bits per heavy atom. The Morgan fingerprint density at radius 1 is 0.976 bits per heavy atom. The third kappa shape index (κ3) is 8.82. The number of nitrogens with one attached hydrogen (secondary N) is 1. The molecule has 0 aliphatic heterocycles. The van der Waals surface area contributed by atoms with E-state index < -0.39 is 28.5 Å². The highest BCUT2D eigenvalue weighted by molar-refractivity contribution is 9.10. The molecule has 7 nitrogen and oxygen atoms in total. The maximum Gasteiger partial charge on any atom is 0.244 e. The summed E-state index contributed by atoms with van der Waals surface area (Å²) < 4.78 is 27.9. The smallest absolute Gasteiger partial charge is 0.244 e. The Bertz CT molecular complexity index is 1500. The van der Waals surface area contributed by atoms with E-state index in [1.807, 2.05) is 43.3 Å². The molecule has 0 saturated heterocycles. The van der Waals surface area contributed by atoms with Gasteiger partial charge in [-0.3, -0.25) is 13.9 Å². The van der Waals surface area contributed by atoms with Crippen LogP contribution in [-0.2, 0) is 32.6 Å². The van der Waals surface area contributed by atoms with E-state index in [1.165, 1.54) is 4.90 Å². The zero-order chi connectivity index (χ0) is 30.3. The minimum Gasteiger partial charge on any atom is -0.352 e. The van der Waals surface area contributed by atoms with Gasteiger partial charge in [0.15, 0.2) is 0 Å². The summed E-state index contributed by atoms with van der Waals surface area (Å²) in [6.45, 7) is 1.49. The van der Waals surface area contributed by atoms with Gasteiger partial charge >= 0.3 is 0 Å². The molecule has 0 spiro atoms. The molecule has 1 saturated carbocycles. The van der Waals surface area contributed by atoms with Gasteiger partial charge in [-0.25, -0.2) is 8.42 Å². The van der Waals surface area contributed by atoms with Crippen LogP contribution in [0.25, 0.3) is 0 Å². The number of amides is 2. The molecular weight excluding hydrogens is 638 g/mol. The van der Waals surface area contributed by atoms with Gasteiger partial charge in [0.1, 0.15) is 12.6 Å². The number of nitrogens with zero attached hydrogens (tertiary/aromatic N) is 2. The van der Waals surface area contributed by atoms with Crippen molar-refractivity contribution in [3.63, 3.8) is 0 Å². The minimum atomic E-state index is -3.83. The predicted molar refractivity (Wildman–Crippen MR) is 172 cm³/mol. The molecule has 1 aliphatic rings. The van der Waals surface area contributed by atoms with E-state index in [0.717, 1.165) is 63.8 Å². The largest absolute Gasteiger partial charge is 0.352 e. The third-order valence-electron chi connectivity index (χ3n) is 7.57. The van der Waals surface area contributed by atoms with Crippen LogP contribution in [0.15, 0.2) is 77.3 Å². The minimum absolute atomic E-state index is 0.0471. The average Bonchev–Trinajstić information content (AvgIpc) is 2.95. The summed E-state index contributed by atoms with van der Waals surface area (Å²) >= 11 is 9.74. The van der Waals surface area contributed by atoms with E-state index in [9.17, 15) is 18.0 Å². The maximum absolute atomic E-state index is 14.2. The fraction of sp³-hybridized carbons (Fsp3) is 0.375. The molecule has 1 fully saturated rings. The van der Waals surface area contributed by atoms with Crippen LogP contribution in [0.5, 0.6) is 0 Å². The van der Waals surface area contributed by atoms with Crippen LogP contribution < -0.4 is 9.62 Å². The van der Waals surface area contributed by atoms with Gasteiger partial charge in [-0.2, -0.15) is 0 Å². The quantitative estimate of drug-likeness (QED) is 0.260. The molecule has 2 amide bonds.